The summed E-state index contributed by atoms with van der Waals surface area (Å²) in [6.45, 7) is 0.419. The molecule has 0 bridgehead atoms. The Morgan fingerprint density at radius 3 is 2.20 bits per heavy atom. The number of hydrogen-bond acceptors (Lipinski definition) is 4. The van der Waals surface area contributed by atoms with E-state index in [4.69, 9.17) is 15.2 Å². The Hall–Kier alpha value is -1.26. The highest BCUT2D eigenvalue weighted by Gasteiger charge is 2.17. The van der Waals surface area contributed by atoms with E-state index < -0.39 is 6.10 Å². The maximum Gasteiger partial charge on any atom is 0.128 e. The summed E-state index contributed by atoms with van der Waals surface area (Å²) in [4.78, 5) is 0. The first-order valence-corrected chi connectivity index (χ1v) is 4.83. The van der Waals surface area contributed by atoms with Gasteiger partial charge in [-0.1, -0.05) is 6.07 Å². The van der Waals surface area contributed by atoms with Crippen LogP contribution in [0.25, 0.3) is 0 Å². The van der Waals surface area contributed by atoms with E-state index in [0.29, 0.717) is 30.0 Å². The van der Waals surface area contributed by atoms with E-state index in [1.807, 2.05) is 6.07 Å². The molecule has 1 aromatic rings. The predicted molar refractivity (Wildman–Crippen MR) is 58.2 cm³/mol. The van der Waals surface area contributed by atoms with Gasteiger partial charge in [-0.25, -0.2) is 0 Å². The van der Waals surface area contributed by atoms with Gasteiger partial charge in [-0.3, -0.25) is 0 Å². The highest BCUT2D eigenvalue weighted by Crippen LogP contribution is 2.34. The third kappa shape index (κ3) is 2.61. The van der Waals surface area contributed by atoms with E-state index in [1.165, 1.54) is 0 Å². The molecule has 1 unspecified atom stereocenters. The van der Waals surface area contributed by atoms with E-state index in [-0.39, 0.29) is 0 Å². The summed E-state index contributed by atoms with van der Waals surface area (Å²) in [6.07, 6.45) is -0.169. The zero-order valence-electron chi connectivity index (χ0n) is 9.06. The Bertz CT molecular complexity index is 292. The van der Waals surface area contributed by atoms with Gasteiger partial charge >= 0.3 is 0 Å². The monoisotopic (exact) mass is 211 g/mol. The summed E-state index contributed by atoms with van der Waals surface area (Å²) in [5, 5.41) is 9.90. The molecular weight excluding hydrogens is 194 g/mol. The minimum absolute atomic E-state index is 0.419. The van der Waals surface area contributed by atoms with Crippen molar-refractivity contribution >= 4 is 0 Å². The lowest BCUT2D eigenvalue weighted by molar-refractivity contribution is 0.161. The van der Waals surface area contributed by atoms with Crippen LogP contribution >= 0.6 is 0 Å². The summed E-state index contributed by atoms with van der Waals surface area (Å²) in [6, 6.07) is 5.39. The number of hydrogen-bond donors (Lipinski definition) is 2. The van der Waals surface area contributed by atoms with Crippen molar-refractivity contribution < 1.29 is 14.6 Å². The van der Waals surface area contributed by atoms with Crippen molar-refractivity contribution in [2.75, 3.05) is 20.8 Å². The Kier molecular flexibility index (Phi) is 4.39. The zero-order valence-corrected chi connectivity index (χ0v) is 9.06. The van der Waals surface area contributed by atoms with Gasteiger partial charge in [-0.05, 0) is 25.1 Å². The Labute approximate surface area is 89.6 Å². The van der Waals surface area contributed by atoms with Gasteiger partial charge in [0.05, 0.1) is 25.9 Å². The highest BCUT2D eigenvalue weighted by atomic mass is 16.5. The van der Waals surface area contributed by atoms with Gasteiger partial charge in [0, 0.05) is 0 Å². The molecular formula is C11H17NO3. The van der Waals surface area contributed by atoms with Gasteiger partial charge in [0.25, 0.3) is 0 Å². The van der Waals surface area contributed by atoms with Gasteiger partial charge in [0.2, 0.25) is 0 Å². The fourth-order valence-corrected chi connectivity index (χ4v) is 1.51. The summed E-state index contributed by atoms with van der Waals surface area (Å²) in [5.74, 6) is 1.24. The number of rotatable bonds is 5. The van der Waals surface area contributed by atoms with E-state index in [2.05, 4.69) is 0 Å². The molecule has 1 atom stereocenters. The molecule has 0 aliphatic heterocycles. The topological polar surface area (TPSA) is 64.7 Å². The van der Waals surface area contributed by atoms with Crippen LogP contribution in [0.1, 0.15) is 18.1 Å². The molecule has 0 fully saturated rings. The second-order valence-electron chi connectivity index (χ2n) is 3.17. The lowest BCUT2D eigenvalue weighted by atomic mass is 10.0. The fraction of sp³-hybridized carbons (Fsp3) is 0.455. The van der Waals surface area contributed by atoms with Gasteiger partial charge in [-0.2, -0.15) is 0 Å². The first-order valence-electron chi connectivity index (χ1n) is 4.83. The van der Waals surface area contributed by atoms with Crippen molar-refractivity contribution in [3.05, 3.63) is 23.8 Å². The molecule has 0 radical (unpaired) electrons. The minimum Gasteiger partial charge on any atom is -0.496 e. The van der Waals surface area contributed by atoms with Gasteiger partial charge < -0.3 is 20.3 Å². The number of aliphatic hydroxyl groups excluding tert-OH is 1. The number of ether oxygens (including phenoxy) is 2. The second kappa shape index (κ2) is 5.58. The lowest BCUT2D eigenvalue weighted by Crippen LogP contribution is -2.09. The third-order valence-electron chi connectivity index (χ3n) is 2.24. The average Bonchev–Trinajstić information content (AvgIpc) is 2.28. The molecule has 0 amide bonds. The molecule has 4 heteroatoms. The number of nitrogens with two attached hydrogens (primary N) is 1. The summed E-state index contributed by atoms with van der Waals surface area (Å²) >= 11 is 0. The number of aliphatic hydroxyl groups is 1. The van der Waals surface area contributed by atoms with E-state index >= 15 is 0 Å². The average molecular weight is 211 g/mol. The first-order chi connectivity index (χ1) is 7.24. The van der Waals surface area contributed by atoms with Crippen molar-refractivity contribution in [1.29, 1.82) is 0 Å². The van der Waals surface area contributed by atoms with Crippen LogP contribution in [-0.4, -0.2) is 25.9 Å². The smallest absolute Gasteiger partial charge is 0.128 e. The van der Waals surface area contributed by atoms with Crippen LogP contribution in [0.2, 0.25) is 0 Å². The van der Waals surface area contributed by atoms with E-state index in [9.17, 15) is 5.11 Å². The zero-order chi connectivity index (χ0) is 11.3. The summed E-state index contributed by atoms with van der Waals surface area (Å²) in [7, 11) is 3.13. The van der Waals surface area contributed by atoms with Crippen LogP contribution in [-0.2, 0) is 0 Å². The minimum atomic E-state index is -0.652. The fourth-order valence-electron chi connectivity index (χ4n) is 1.51. The first kappa shape index (κ1) is 11.8. The molecule has 1 rings (SSSR count). The molecule has 4 nitrogen and oxygen atoms in total. The summed E-state index contributed by atoms with van der Waals surface area (Å²) < 4.78 is 10.3. The predicted octanol–water partition coefficient (Wildman–Crippen LogP) is 1.09. The quantitative estimate of drug-likeness (QED) is 0.765. The van der Waals surface area contributed by atoms with Crippen LogP contribution in [0, 0.1) is 0 Å². The van der Waals surface area contributed by atoms with Gasteiger partial charge in [0.15, 0.2) is 0 Å². The number of benzene rings is 1. The largest absolute Gasteiger partial charge is 0.496 e. The van der Waals surface area contributed by atoms with Gasteiger partial charge in [-0.15, -0.1) is 0 Å². The molecule has 0 aliphatic carbocycles. The van der Waals surface area contributed by atoms with Crippen LogP contribution in [0.3, 0.4) is 0 Å². The third-order valence-corrected chi connectivity index (χ3v) is 2.24. The van der Waals surface area contributed by atoms with Crippen LogP contribution in [0.4, 0.5) is 0 Å². The molecule has 1 aromatic carbocycles. The van der Waals surface area contributed by atoms with Crippen molar-refractivity contribution in [3.63, 3.8) is 0 Å². The summed E-state index contributed by atoms with van der Waals surface area (Å²) in [5.41, 5.74) is 6.07. The normalized spacial score (nSPS) is 12.3. The molecule has 0 saturated heterocycles. The maximum absolute atomic E-state index is 9.90. The Morgan fingerprint density at radius 2 is 1.80 bits per heavy atom. The molecule has 15 heavy (non-hydrogen) atoms. The maximum atomic E-state index is 9.90. The Balaban J connectivity index is 3.09. The molecule has 0 saturated carbocycles. The Morgan fingerprint density at radius 1 is 1.27 bits per heavy atom. The van der Waals surface area contributed by atoms with Crippen LogP contribution < -0.4 is 15.2 Å². The van der Waals surface area contributed by atoms with Crippen molar-refractivity contribution in [1.82, 2.24) is 0 Å². The van der Waals surface area contributed by atoms with Crippen molar-refractivity contribution in [3.8, 4) is 11.5 Å². The van der Waals surface area contributed by atoms with Crippen molar-refractivity contribution in [2.45, 2.75) is 12.5 Å². The molecule has 3 N–H and O–H groups in total. The van der Waals surface area contributed by atoms with Gasteiger partial charge in [0.1, 0.15) is 11.5 Å². The highest BCUT2D eigenvalue weighted by molar-refractivity contribution is 5.46. The molecule has 0 heterocycles. The van der Waals surface area contributed by atoms with E-state index in [0.717, 1.165) is 0 Å². The standard InChI is InChI=1S/C11H17NO3/c1-14-9-4-3-5-10(15-2)11(9)8(13)6-7-12/h3-5,8,13H,6-7,12H2,1-2H3. The molecule has 0 aliphatic rings. The number of methoxy groups -OCH3 is 2. The molecule has 0 spiro atoms. The van der Waals surface area contributed by atoms with Crippen LogP contribution in [0.15, 0.2) is 18.2 Å². The van der Waals surface area contributed by atoms with E-state index in [1.54, 1.807) is 26.4 Å². The lowest BCUT2D eigenvalue weighted by Gasteiger charge is -2.17. The second-order valence-corrected chi connectivity index (χ2v) is 3.17. The molecule has 0 aromatic heterocycles. The van der Waals surface area contributed by atoms with Crippen LogP contribution in [0.5, 0.6) is 11.5 Å². The molecule has 84 valence electrons. The SMILES string of the molecule is COc1cccc(OC)c1C(O)CCN. The van der Waals surface area contributed by atoms with Crippen molar-refractivity contribution in [2.24, 2.45) is 5.73 Å².